The van der Waals surface area contributed by atoms with Crippen LogP contribution >= 0.6 is 0 Å². The molecule has 0 saturated carbocycles. The minimum absolute atomic E-state index is 0.110. The summed E-state index contributed by atoms with van der Waals surface area (Å²) in [6, 6.07) is 1.61. The van der Waals surface area contributed by atoms with Gasteiger partial charge < -0.3 is 10.6 Å². The molecule has 3 aromatic heterocycles. The Morgan fingerprint density at radius 3 is 2.86 bits per heavy atom. The van der Waals surface area contributed by atoms with Crippen LogP contribution in [0.2, 0.25) is 0 Å². The summed E-state index contributed by atoms with van der Waals surface area (Å²) in [6.45, 7) is 1.29. The average molecular weight is 416 g/mol. The zero-order valence-corrected chi connectivity index (χ0v) is 16.5. The van der Waals surface area contributed by atoms with Gasteiger partial charge in [0.15, 0.2) is 11.5 Å². The van der Waals surface area contributed by atoms with E-state index in [0.29, 0.717) is 29.5 Å². The van der Waals surface area contributed by atoms with Crippen LogP contribution in [0.1, 0.15) is 23.3 Å². The molecule has 29 heavy (non-hydrogen) atoms. The second kappa shape index (κ2) is 7.37. The number of fused-ring (bicyclic) bond motifs is 1. The molecule has 0 aromatic carbocycles. The molecule has 3 N–H and O–H groups in total. The molecular weight excluding hydrogens is 396 g/mol. The molecule has 0 bridgehead atoms. The summed E-state index contributed by atoms with van der Waals surface area (Å²) in [7, 11) is -3.27. The zero-order chi connectivity index (χ0) is 20.6. The fourth-order valence-electron chi connectivity index (χ4n) is 3.41. The third-order valence-corrected chi connectivity index (χ3v) is 5.41. The number of nitrogens with one attached hydrogen (secondary N) is 1. The molecule has 0 aliphatic carbocycles. The Kier molecular flexibility index (Phi) is 4.88. The largest absolute Gasteiger partial charge is 0.364 e. The molecule has 12 heteroatoms. The Hall–Kier alpha value is -3.12. The number of piperidine rings is 1. The van der Waals surface area contributed by atoms with Crippen LogP contribution in [0.3, 0.4) is 0 Å². The Morgan fingerprint density at radius 2 is 2.10 bits per heavy atom. The summed E-state index contributed by atoms with van der Waals surface area (Å²) in [4.78, 5) is 30.7. The molecule has 0 radical (unpaired) electrons. The van der Waals surface area contributed by atoms with E-state index in [0.717, 1.165) is 25.6 Å². The van der Waals surface area contributed by atoms with Gasteiger partial charge >= 0.3 is 0 Å². The summed E-state index contributed by atoms with van der Waals surface area (Å²) in [6.07, 6.45) is 8.98. The first-order valence-electron chi connectivity index (χ1n) is 8.99. The van der Waals surface area contributed by atoms with Crippen LogP contribution < -0.4 is 15.4 Å². The quantitative estimate of drug-likeness (QED) is 0.581. The molecular formula is C17H20N8O3S. The van der Waals surface area contributed by atoms with Gasteiger partial charge in [-0.25, -0.2) is 33.1 Å². The van der Waals surface area contributed by atoms with Crippen molar-refractivity contribution in [3.8, 4) is 11.5 Å². The second-order valence-electron chi connectivity index (χ2n) is 6.92. The van der Waals surface area contributed by atoms with Gasteiger partial charge in [-0.05, 0) is 18.9 Å². The summed E-state index contributed by atoms with van der Waals surface area (Å²) in [5.74, 6) is 0.475. The van der Waals surface area contributed by atoms with E-state index in [1.807, 2.05) is 4.90 Å². The predicted molar refractivity (Wildman–Crippen MR) is 106 cm³/mol. The first-order valence-corrected chi connectivity index (χ1v) is 10.9. The van der Waals surface area contributed by atoms with Crippen LogP contribution in [-0.2, 0) is 10.0 Å². The van der Waals surface area contributed by atoms with Gasteiger partial charge in [-0.3, -0.25) is 9.20 Å². The number of anilines is 1. The molecule has 1 aliphatic rings. The van der Waals surface area contributed by atoms with Crippen LogP contribution in [0.15, 0.2) is 30.9 Å². The maximum Gasteiger partial charge on any atom is 0.268 e. The molecule has 1 atom stereocenters. The molecule has 1 amide bonds. The maximum absolute atomic E-state index is 11.5. The highest BCUT2D eigenvalue weighted by Crippen LogP contribution is 2.22. The van der Waals surface area contributed by atoms with E-state index in [-0.39, 0.29) is 11.7 Å². The molecule has 0 spiro atoms. The summed E-state index contributed by atoms with van der Waals surface area (Å²) < 4.78 is 27.4. The van der Waals surface area contributed by atoms with Crippen LogP contribution in [0.5, 0.6) is 0 Å². The van der Waals surface area contributed by atoms with E-state index in [1.54, 1.807) is 22.9 Å². The van der Waals surface area contributed by atoms with E-state index in [9.17, 15) is 13.2 Å². The van der Waals surface area contributed by atoms with Crippen LogP contribution in [0.25, 0.3) is 17.2 Å². The average Bonchev–Trinajstić information content (AvgIpc) is 3.10. The van der Waals surface area contributed by atoms with Crippen molar-refractivity contribution in [2.45, 2.75) is 18.9 Å². The normalized spacial score (nSPS) is 17.6. The number of rotatable bonds is 5. The zero-order valence-electron chi connectivity index (χ0n) is 15.7. The second-order valence-corrected chi connectivity index (χ2v) is 8.70. The summed E-state index contributed by atoms with van der Waals surface area (Å²) in [5, 5.41) is 0. The third kappa shape index (κ3) is 4.17. The number of nitrogens with two attached hydrogens (primary N) is 1. The standard InChI is InChI=1S/C17H20N8O3S/c1-29(27,28)23-11-3-2-6-24(9-11)14-4-5-19-17(22-14)13-7-21-15-8-20-12(16(18)26)10-25(13)15/h4-5,7-8,10-11,23H,2-3,6,9H2,1H3,(H2,18,26). The number of aromatic nitrogens is 5. The topological polar surface area (TPSA) is 148 Å². The number of hydrogen-bond acceptors (Lipinski definition) is 8. The highest BCUT2D eigenvalue weighted by atomic mass is 32.2. The minimum atomic E-state index is -3.27. The molecule has 11 nitrogen and oxygen atoms in total. The first kappa shape index (κ1) is 19.2. The number of imidazole rings is 1. The van der Waals surface area contributed by atoms with Gasteiger partial charge in [0.2, 0.25) is 10.0 Å². The lowest BCUT2D eigenvalue weighted by atomic mass is 10.1. The molecule has 1 unspecified atom stereocenters. The lowest BCUT2D eigenvalue weighted by molar-refractivity contribution is 0.0995. The van der Waals surface area contributed by atoms with E-state index < -0.39 is 15.9 Å². The van der Waals surface area contributed by atoms with Gasteiger partial charge in [0, 0.05) is 31.5 Å². The van der Waals surface area contributed by atoms with Gasteiger partial charge in [0.1, 0.15) is 17.2 Å². The number of primary amides is 1. The van der Waals surface area contributed by atoms with Crippen molar-refractivity contribution >= 4 is 27.4 Å². The highest BCUT2D eigenvalue weighted by Gasteiger charge is 2.24. The SMILES string of the molecule is CS(=O)(=O)NC1CCCN(c2ccnc(-c3cnc4cnc(C(N)=O)cn34)n2)C1. The van der Waals surface area contributed by atoms with Crippen molar-refractivity contribution in [2.24, 2.45) is 5.73 Å². The Bertz CT molecular complexity index is 1180. The number of sulfonamides is 1. The Morgan fingerprint density at radius 1 is 1.28 bits per heavy atom. The number of carbonyl (C=O) groups is 1. The van der Waals surface area contributed by atoms with Crippen molar-refractivity contribution in [1.29, 1.82) is 0 Å². The lowest BCUT2D eigenvalue weighted by Crippen LogP contribution is -2.47. The molecule has 3 aromatic rings. The number of hydrogen-bond donors (Lipinski definition) is 2. The molecule has 4 rings (SSSR count). The highest BCUT2D eigenvalue weighted by molar-refractivity contribution is 7.88. The smallest absolute Gasteiger partial charge is 0.268 e. The van der Waals surface area contributed by atoms with Crippen molar-refractivity contribution in [2.75, 3.05) is 24.2 Å². The molecule has 1 saturated heterocycles. The summed E-state index contributed by atoms with van der Waals surface area (Å²) >= 11 is 0. The van der Waals surface area contributed by atoms with Crippen molar-refractivity contribution in [3.05, 3.63) is 36.5 Å². The summed E-state index contributed by atoms with van der Waals surface area (Å²) in [5.41, 5.74) is 6.56. The minimum Gasteiger partial charge on any atom is -0.364 e. The van der Waals surface area contributed by atoms with Crippen molar-refractivity contribution < 1.29 is 13.2 Å². The third-order valence-electron chi connectivity index (χ3n) is 4.64. The Labute approximate surface area is 167 Å². The van der Waals surface area contributed by atoms with E-state index in [1.165, 1.54) is 12.4 Å². The van der Waals surface area contributed by atoms with Gasteiger partial charge in [-0.1, -0.05) is 0 Å². The van der Waals surface area contributed by atoms with E-state index in [2.05, 4.69) is 24.7 Å². The Balaban J connectivity index is 1.65. The fourth-order valence-corrected chi connectivity index (χ4v) is 4.21. The number of nitrogens with zero attached hydrogens (tertiary/aromatic N) is 6. The van der Waals surface area contributed by atoms with Crippen LogP contribution in [0.4, 0.5) is 5.82 Å². The molecule has 152 valence electrons. The van der Waals surface area contributed by atoms with Crippen LogP contribution in [-0.4, -0.2) is 64.0 Å². The van der Waals surface area contributed by atoms with Crippen molar-refractivity contribution in [3.63, 3.8) is 0 Å². The number of carbonyl (C=O) groups excluding carboxylic acids is 1. The monoisotopic (exact) mass is 416 g/mol. The van der Waals surface area contributed by atoms with Gasteiger partial charge in [0.05, 0.1) is 18.6 Å². The van der Waals surface area contributed by atoms with Gasteiger partial charge in [-0.15, -0.1) is 0 Å². The van der Waals surface area contributed by atoms with Gasteiger partial charge in [0.25, 0.3) is 5.91 Å². The predicted octanol–water partition coefficient (Wildman–Crippen LogP) is -0.197. The molecule has 1 fully saturated rings. The van der Waals surface area contributed by atoms with Gasteiger partial charge in [-0.2, -0.15) is 0 Å². The molecule has 4 heterocycles. The van der Waals surface area contributed by atoms with E-state index >= 15 is 0 Å². The first-order chi connectivity index (χ1) is 13.8. The van der Waals surface area contributed by atoms with E-state index in [4.69, 9.17) is 5.73 Å². The van der Waals surface area contributed by atoms with Crippen LogP contribution in [0, 0.1) is 0 Å². The fraction of sp³-hybridized carbons (Fsp3) is 0.353. The molecule has 1 aliphatic heterocycles. The lowest BCUT2D eigenvalue weighted by Gasteiger charge is -2.33. The van der Waals surface area contributed by atoms with Crippen molar-refractivity contribution in [1.82, 2.24) is 29.1 Å². The maximum atomic E-state index is 11.5. The number of amides is 1.